The predicted octanol–water partition coefficient (Wildman–Crippen LogP) is 6.79. The van der Waals surface area contributed by atoms with Crippen LogP contribution in [0.4, 0.5) is 17.6 Å². The van der Waals surface area contributed by atoms with Gasteiger partial charge in [-0.15, -0.1) is 0 Å². The molecule has 2 aromatic carbocycles. The van der Waals surface area contributed by atoms with E-state index in [4.69, 9.17) is 5.41 Å². The van der Waals surface area contributed by atoms with Crippen LogP contribution >= 0.6 is 0 Å². The fourth-order valence-corrected chi connectivity index (χ4v) is 5.69. The highest BCUT2D eigenvalue weighted by Crippen LogP contribution is 2.45. The minimum Gasteiger partial charge on any atom is -0.315 e. The summed E-state index contributed by atoms with van der Waals surface area (Å²) in [6, 6.07) is 10.1. The summed E-state index contributed by atoms with van der Waals surface area (Å²) in [7, 11) is 1.43. The first-order valence-electron chi connectivity index (χ1n) is 13.8. The second-order valence-corrected chi connectivity index (χ2v) is 11.4. The number of rotatable bonds is 9. The third kappa shape index (κ3) is 5.64. The Labute approximate surface area is 234 Å². The summed E-state index contributed by atoms with van der Waals surface area (Å²) < 4.78 is 60.4. The highest BCUT2D eigenvalue weighted by Gasteiger charge is 2.38. The van der Waals surface area contributed by atoms with Gasteiger partial charge >= 0.3 is 6.18 Å². The Morgan fingerprint density at radius 3 is 2.51 bits per heavy atom. The van der Waals surface area contributed by atoms with Crippen LogP contribution in [0, 0.1) is 24.1 Å². The normalized spacial score (nSPS) is 16.2. The molecule has 0 aliphatic heterocycles. The fourth-order valence-electron chi connectivity index (χ4n) is 5.69. The highest BCUT2D eigenvalue weighted by atomic mass is 19.4. The van der Waals surface area contributed by atoms with Crippen molar-refractivity contribution >= 4 is 5.78 Å². The number of benzene rings is 2. The van der Waals surface area contributed by atoms with Crippen molar-refractivity contribution in [2.75, 3.05) is 0 Å². The number of aromatic nitrogens is 4. The van der Waals surface area contributed by atoms with Gasteiger partial charge in [-0.25, -0.2) is 4.39 Å². The fraction of sp³-hybridized carbons (Fsp3) is 0.387. The number of imidazole rings is 1. The predicted molar refractivity (Wildman–Crippen MR) is 145 cm³/mol. The van der Waals surface area contributed by atoms with Crippen molar-refractivity contribution in [1.82, 2.24) is 18.9 Å². The van der Waals surface area contributed by atoms with Crippen molar-refractivity contribution in [2.24, 2.45) is 13.0 Å². The molecule has 6 rings (SSSR count). The Bertz CT molecular complexity index is 1690. The maximum absolute atomic E-state index is 14.0. The Kier molecular flexibility index (Phi) is 6.74. The van der Waals surface area contributed by atoms with Crippen molar-refractivity contribution in [1.29, 1.82) is 5.41 Å². The Balaban J connectivity index is 1.39. The van der Waals surface area contributed by atoms with Crippen LogP contribution in [-0.2, 0) is 19.8 Å². The summed E-state index contributed by atoms with van der Waals surface area (Å²) in [4.78, 5) is 13.8. The van der Waals surface area contributed by atoms with Gasteiger partial charge in [0.25, 0.3) is 0 Å². The van der Waals surface area contributed by atoms with Crippen LogP contribution < -0.4 is 5.62 Å². The van der Waals surface area contributed by atoms with Gasteiger partial charge < -0.3 is 9.13 Å². The number of ketones is 1. The molecule has 6 nitrogen and oxygen atoms in total. The molecule has 4 aromatic rings. The van der Waals surface area contributed by atoms with E-state index in [1.165, 1.54) is 25.4 Å². The van der Waals surface area contributed by atoms with E-state index in [0.717, 1.165) is 35.9 Å². The van der Waals surface area contributed by atoms with Gasteiger partial charge in [0, 0.05) is 49.2 Å². The summed E-state index contributed by atoms with van der Waals surface area (Å²) in [5.74, 6) is -0.271. The molecule has 0 bridgehead atoms. The monoisotopic (exact) mass is 565 g/mol. The first kappa shape index (κ1) is 27.2. The van der Waals surface area contributed by atoms with Crippen LogP contribution in [0.15, 0.2) is 55.0 Å². The van der Waals surface area contributed by atoms with Gasteiger partial charge in [-0.05, 0) is 91.0 Å². The van der Waals surface area contributed by atoms with Crippen LogP contribution in [0.25, 0.3) is 11.1 Å². The second kappa shape index (κ2) is 10.2. The summed E-state index contributed by atoms with van der Waals surface area (Å²) in [5.41, 5.74) is 1.80. The molecule has 1 atom stereocenters. The molecular formula is C31H31F4N5O. The van der Waals surface area contributed by atoms with Gasteiger partial charge in [0.2, 0.25) is 5.62 Å². The zero-order valence-corrected chi connectivity index (χ0v) is 22.9. The average molecular weight is 566 g/mol. The molecule has 0 amide bonds. The van der Waals surface area contributed by atoms with E-state index in [9.17, 15) is 22.4 Å². The Morgan fingerprint density at radius 1 is 1.10 bits per heavy atom. The highest BCUT2D eigenvalue weighted by molar-refractivity contribution is 5.98. The van der Waals surface area contributed by atoms with Gasteiger partial charge in [0.05, 0.1) is 6.54 Å². The standard InChI is InChI=1S/C31H31F4N5O/c1-18-11-21(5-8-27(18)32)25(20-3-4-20)15-28(41)23-13-19(16-39-9-10-40(30(39)36)24-6-7-24)12-22(14-23)26-17-38(2)37-29(26)31(33,34)35/h5,8-14,17,20,24-25,36H,3-4,6-7,15-16H2,1-2H3/t25-/m0/s1. The molecule has 2 aliphatic rings. The number of carbonyl (C=O) groups is 1. The van der Waals surface area contributed by atoms with Gasteiger partial charge in [0.1, 0.15) is 5.82 Å². The van der Waals surface area contributed by atoms with Gasteiger partial charge in [-0.2, -0.15) is 18.3 Å². The van der Waals surface area contributed by atoms with E-state index >= 15 is 0 Å². The molecule has 0 saturated heterocycles. The molecule has 2 aliphatic carbocycles. The lowest BCUT2D eigenvalue weighted by atomic mass is 9.86. The zero-order valence-electron chi connectivity index (χ0n) is 22.9. The number of aryl methyl sites for hydroxylation is 2. The lowest BCUT2D eigenvalue weighted by Crippen LogP contribution is -2.24. The molecule has 214 valence electrons. The van der Waals surface area contributed by atoms with Crippen LogP contribution in [0.5, 0.6) is 0 Å². The number of nitrogens with one attached hydrogen (secondary N) is 1. The summed E-state index contributed by atoms with van der Waals surface area (Å²) in [6.07, 6.45) is 4.46. The number of carbonyl (C=O) groups excluding carboxylic acids is 1. The van der Waals surface area contributed by atoms with E-state index in [-0.39, 0.29) is 41.6 Å². The summed E-state index contributed by atoms with van der Waals surface area (Å²) in [5, 5.41) is 12.2. The quantitative estimate of drug-likeness (QED) is 0.179. The smallest absolute Gasteiger partial charge is 0.315 e. The van der Waals surface area contributed by atoms with E-state index in [1.807, 2.05) is 10.8 Å². The largest absolute Gasteiger partial charge is 0.435 e. The van der Waals surface area contributed by atoms with Crippen molar-refractivity contribution in [2.45, 2.75) is 63.7 Å². The van der Waals surface area contributed by atoms with Crippen LogP contribution in [0.3, 0.4) is 0 Å². The Hall–Kier alpha value is -3.95. The van der Waals surface area contributed by atoms with Crippen molar-refractivity contribution in [3.63, 3.8) is 0 Å². The molecule has 2 fully saturated rings. The van der Waals surface area contributed by atoms with Crippen LogP contribution in [0.2, 0.25) is 0 Å². The summed E-state index contributed by atoms with van der Waals surface area (Å²) in [6.45, 7) is 1.93. The van der Waals surface area contributed by atoms with Crippen molar-refractivity contribution in [3.8, 4) is 11.1 Å². The number of hydrogen-bond acceptors (Lipinski definition) is 3. The number of alkyl halides is 3. The molecule has 0 spiro atoms. The third-order valence-electron chi connectivity index (χ3n) is 8.15. The van der Waals surface area contributed by atoms with Gasteiger partial charge in [-0.3, -0.25) is 14.9 Å². The molecule has 0 radical (unpaired) electrons. The van der Waals surface area contributed by atoms with Crippen molar-refractivity contribution < 1.29 is 22.4 Å². The molecular weight excluding hydrogens is 534 g/mol. The van der Waals surface area contributed by atoms with E-state index in [1.54, 1.807) is 42.0 Å². The first-order chi connectivity index (χ1) is 19.5. The molecule has 41 heavy (non-hydrogen) atoms. The molecule has 10 heteroatoms. The number of halogens is 4. The molecule has 2 saturated carbocycles. The molecule has 2 aromatic heterocycles. The number of hydrogen-bond donors (Lipinski definition) is 1. The van der Waals surface area contributed by atoms with E-state index < -0.39 is 11.9 Å². The summed E-state index contributed by atoms with van der Waals surface area (Å²) >= 11 is 0. The third-order valence-corrected chi connectivity index (χ3v) is 8.15. The second-order valence-electron chi connectivity index (χ2n) is 11.4. The van der Waals surface area contributed by atoms with Crippen LogP contribution in [-0.4, -0.2) is 24.7 Å². The maximum Gasteiger partial charge on any atom is 0.435 e. The topological polar surface area (TPSA) is 68.6 Å². The van der Waals surface area contributed by atoms with Gasteiger partial charge in [0.15, 0.2) is 11.5 Å². The average Bonchev–Trinajstić information content (AvgIpc) is 3.85. The first-order valence-corrected chi connectivity index (χ1v) is 13.8. The molecule has 1 N–H and O–H groups in total. The lowest BCUT2D eigenvalue weighted by Gasteiger charge is -2.18. The number of nitrogens with zero attached hydrogens (tertiary/aromatic N) is 4. The van der Waals surface area contributed by atoms with E-state index in [2.05, 4.69) is 5.10 Å². The van der Waals surface area contributed by atoms with Gasteiger partial charge in [-0.1, -0.05) is 12.1 Å². The minimum atomic E-state index is -4.67. The zero-order chi connectivity index (χ0) is 29.1. The maximum atomic E-state index is 14.0. The molecule has 0 unspecified atom stereocenters. The number of Topliss-reactive ketones (excluding diaryl/α,β-unsaturated/α-hetero) is 1. The SMILES string of the molecule is Cc1cc([C@@H](CC(=O)c2cc(Cn3ccn(C4CC4)c3=N)cc(-c3cn(C)nc3C(F)(F)F)c2)C2CC2)ccc1F. The van der Waals surface area contributed by atoms with Crippen molar-refractivity contribution in [3.05, 3.63) is 94.4 Å². The lowest BCUT2D eigenvalue weighted by molar-refractivity contribution is -0.140. The molecule has 2 heterocycles. The Morgan fingerprint density at radius 2 is 1.85 bits per heavy atom. The minimum absolute atomic E-state index is 0.0974. The van der Waals surface area contributed by atoms with Crippen LogP contribution in [0.1, 0.15) is 76.8 Å². The van der Waals surface area contributed by atoms with E-state index in [0.29, 0.717) is 34.3 Å².